The zero-order valence-electron chi connectivity index (χ0n) is 21.2. The van der Waals surface area contributed by atoms with Gasteiger partial charge >= 0.3 is 0 Å². The van der Waals surface area contributed by atoms with Crippen molar-refractivity contribution in [3.8, 4) is 11.3 Å². The van der Waals surface area contributed by atoms with E-state index in [-0.39, 0.29) is 5.43 Å². The number of rotatable bonds is 7. The molecule has 5 rings (SSSR count). The SMILES string of the molecule is CCn1cc(-c2csc(N)n2)c(=O)c2cc(N3CCN(C/C(=N/OC)c4ccc(Cl)cc4)CC3)c(Cl)cc21. The number of nitrogens with two attached hydrogens (primary N) is 1. The summed E-state index contributed by atoms with van der Waals surface area (Å²) in [5, 5.41) is 8.43. The number of thiazole rings is 1. The Morgan fingerprint density at radius 1 is 1.16 bits per heavy atom. The van der Waals surface area contributed by atoms with E-state index in [1.54, 1.807) is 7.11 Å². The van der Waals surface area contributed by atoms with Crippen LogP contribution < -0.4 is 16.1 Å². The molecule has 0 saturated carbocycles. The largest absolute Gasteiger partial charge is 0.399 e. The van der Waals surface area contributed by atoms with Crippen molar-refractivity contribution in [2.75, 3.05) is 50.5 Å². The van der Waals surface area contributed by atoms with Gasteiger partial charge in [0.05, 0.1) is 27.5 Å². The van der Waals surface area contributed by atoms with E-state index in [1.807, 2.05) is 59.5 Å². The topological polar surface area (TPSA) is 89.0 Å². The quantitative estimate of drug-likeness (QED) is 0.242. The van der Waals surface area contributed by atoms with Crippen LogP contribution in [-0.2, 0) is 11.4 Å². The van der Waals surface area contributed by atoms with Gasteiger partial charge < -0.3 is 20.0 Å². The van der Waals surface area contributed by atoms with Crippen molar-refractivity contribution in [2.45, 2.75) is 13.5 Å². The van der Waals surface area contributed by atoms with E-state index in [4.69, 9.17) is 33.8 Å². The lowest BCUT2D eigenvalue weighted by atomic mass is 10.1. The lowest BCUT2D eigenvalue weighted by Crippen LogP contribution is -2.48. The highest BCUT2D eigenvalue weighted by Crippen LogP contribution is 2.32. The summed E-state index contributed by atoms with van der Waals surface area (Å²) in [6, 6.07) is 11.4. The maximum absolute atomic E-state index is 13.6. The van der Waals surface area contributed by atoms with Crippen LogP contribution in [0.4, 0.5) is 10.8 Å². The molecule has 0 amide bonds. The normalized spacial score (nSPS) is 14.8. The van der Waals surface area contributed by atoms with Crippen LogP contribution in [0.25, 0.3) is 22.2 Å². The maximum Gasteiger partial charge on any atom is 0.198 e. The van der Waals surface area contributed by atoms with Crippen molar-refractivity contribution in [3.05, 3.63) is 73.8 Å². The molecule has 0 unspecified atom stereocenters. The molecule has 0 radical (unpaired) electrons. The summed E-state index contributed by atoms with van der Waals surface area (Å²) in [6.07, 6.45) is 1.84. The fraction of sp³-hybridized carbons (Fsp3) is 0.296. The average Bonchev–Trinajstić information content (AvgIpc) is 3.35. The Hall–Kier alpha value is -3.11. The Balaban J connectivity index is 1.39. The van der Waals surface area contributed by atoms with E-state index in [2.05, 4.69) is 19.9 Å². The van der Waals surface area contributed by atoms with Crippen LogP contribution in [0.2, 0.25) is 10.0 Å². The number of aryl methyl sites for hydroxylation is 1. The smallest absolute Gasteiger partial charge is 0.198 e. The number of aromatic nitrogens is 2. The molecular weight excluding hydrogens is 543 g/mol. The summed E-state index contributed by atoms with van der Waals surface area (Å²) in [7, 11) is 1.55. The van der Waals surface area contributed by atoms with Gasteiger partial charge in [-0.05, 0) is 31.2 Å². The lowest BCUT2D eigenvalue weighted by molar-refractivity contribution is 0.209. The molecule has 0 aliphatic carbocycles. The predicted octanol–water partition coefficient (Wildman–Crippen LogP) is 5.21. The molecule has 198 valence electrons. The van der Waals surface area contributed by atoms with Crippen molar-refractivity contribution in [3.63, 3.8) is 0 Å². The molecule has 0 bridgehead atoms. The molecule has 2 N–H and O–H groups in total. The van der Waals surface area contributed by atoms with Gasteiger partial charge in [0.2, 0.25) is 0 Å². The van der Waals surface area contributed by atoms with E-state index < -0.39 is 0 Å². The second kappa shape index (κ2) is 11.3. The third kappa shape index (κ3) is 5.37. The summed E-state index contributed by atoms with van der Waals surface area (Å²) >= 11 is 14.2. The van der Waals surface area contributed by atoms with Crippen molar-refractivity contribution in [1.82, 2.24) is 14.5 Å². The first-order valence-corrected chi connectivity index (χ1v) is 13.9. The summed E-state index contributed by atoms with van der Waals surface area (Å²) in [5.74, 6) is 0. The molecule has 1 aliphatic heterocycles. The number of halogens is 2. The van der Waals surface area contributed by atoms with Crippen LogP contribution in [0.3, 0.4) is 0 Å². The van der Waals surface area contributed by atoms with Gasteiger partial charge in [-0.25, -0.2) is 4.98 Å². The molecule has 0 atom stereocenters. The number of hydrogen-bond acceptors (Lipinski definition) is 8. The highest BCUT2D eigenvalue weighted by molar-refractivity contribution is 7.13. The number of anilines is 2. The molecule has 0 spiro atoms. The Kier molecular flexibility index (Phi) is 7.90. The minimum atomic E-state index is -0.0741. The number of nitrogen functional groups attached to an aromatic ring is 1. The van der Waals surface area contributed by atoms with E-state index >= 15 is 0 Å². The fourth-order valence-corrected chi connectivity index (χ4v) is 5.75. The molecule has 1 fully saturated rings. The standard InChI is InChI=1S/C27H28Cl2N6O2S/c1-3-34-14-20(23-16-38-27(30)31-23)26(36)19-12-25(21(29)13-24(19)34)35-10-8-33(9-11-35)15-22(32-37-2)17-4-6-18(28)7-5-17/h4-7,12-14,16H,3,8-11,15H2,1-2H3,(H2,30,31)/b32-22-. The third-order valence-corrected chi connectivity index (χ3v) is 7.98. The van der Waals surface area contributed by atoms with Gasteiger partial charge in [0.1, 0.15) is 12.8 Å². The Morgan fingerprint density at radius 2 is 1.89 bits per heavy atom. The molecule has 38 heavy (non-hydrogen) atoms. The molecule has 1 aliphatic rings. The molecular formula is C27H28Cl2N6O2S. The number of piperazine rings is 1. The molecule has 8 nitrogen and oxygen atoms in total. The van der Waals surface area contributed by atoms with E-state index in [0.29, 0.717) is 44.9 Å². The number of benzene rings is 2. The Bertz CT molecular complexity index is 1540. The van der Waals surface area contributed by atoms with Gasteiger partial charge in [0.15, 0.2) is 10.6 Å². The Morgan fingerprint density at radius 3 is 2.53 bits per heavy atom. The molecule has 3 heterocycles. The number of pyridine rings is 1. The van der Waals surface area contributed by atoms with Crippen molar-refractivity contribution < 1.29 is 4.84 Å². The van der Waals surface area contributed by atoms with Gasteiger partial charge in [0, 0.05) is 66.8 Å². The maximum atomic E-state index is 13.6. The van der Waals surface area contributed by atoms with Gasteiger partial charge in [0.25, 0.3) is 0 Å². The van der Waals surface area contributed by atoms with Crippen molar-refractivity contribution >= 4 is 62.0 Å². The average molecular weight is 572 g/mol. The molecule has 1 saturated heterocycles. The second-order valence-corrected chi connectivity index (χ2v) is 10.8. The van der Waals surface area contributed by atoms with Crippen LogP contribution in [0.1, 0.15) is 12.5 Å². The Labute approximate surface area is 234 Å². The van der Waals surface area contributed by atoms with E-state index in [1.165, 1.54) is 11.3 Å². The fourth-order valence-electron chi connectivity index (χ4n) is 4.78. The van der Waals surface area contributed by atoms with Gasteiger partial charge in [-0.15, -0.1) is 11.3 Å². The number of oxime groups is 1. The molecule has 11 heteroatoms. The monoisotopic (exact) mass is 570 g/mol. The number of nitrogens with zero attached hydrogens (tertiary/aromatic N) is 5. The zero-order valence-corrected chi connectivity index (χ0v) is 23.5. The van der Waals surface area contributed by atoms with Crippen LogP contribution in [0, 0.1) is 0 Å². The highest BCUT2D eigenvalue weighted by Gasteiger charge is 2.23. The first-order chi connectivity index (χ1) is 18.4. The minimum Gasteiger partial charge on any atom is -0.399 e. The first kappa shape index (κ1) is 26.5. The van der Waals surface area contributed by atoms with Crippen molar-refractivity contribution in [1.29, 1.82) is 0 Å². The van der Waals surface area contributed by atoms with Crippen LogP contribution in [0.15, 0.2) is 57.9 Å². The highest BCUT2D eigenvalue weighted by atomic mass is 35.5. The van der Waals surface area contributed by atoms with Gasteiger partial charge in [-0.1, -0.05) is 40.5 Å². The molecule has 2 aromatic heterocycles. The van der Waals surface area contributed by atoms with E-state index in [0.717, 1.165) is 48.7 Å². The van der Waals surface area contributed by atoms with Crippen molar-refractivity contribution in [2.24, 2.45) is 5.16 Å². The lowest BCUT2D eigenvalue weighted by Gasteiger charge is -2.36. The second-order valence-electron chi connectivity index (χ2n) is 9.04. The van der Waals surface area contributed by atoms with Gasteiger partial charge in [-0.2, -0.15) is 0 Å². The van der Waals surface area contributed by atoms with Gasteiger partial charge in [-0.3, -0.25) is 9.69 Å². The van der Waals surface area contributed by atoms with E-state index in [9.17, 15) is 4.79 Å². The third-order valence-electron chi connectivity index (χ3n) is 6.75. The predicted molar refractivity (Wildman–Crippen MR) is 158 cm³/mol. The summed E-state index contributed by atoms with van der Waals surface area (Å²) < 4.78 is 2.03. The van der Waals surface area contributed by atoms with Crippen LogP contribution in [0.5, 0.6) is 0 Å². The number of hydrogen-bond donors (Lipinski definition) is 1. The minimum absolute atomic E-state index is 0.0741. The van der Waals surface area contributed by atoms with Crippen LogP contribution >= 0.6 is 34.5 Å². The first-order valence-electron chi connectivity index (χ1n) is 12.3. The number of fused-ring (bicyclic) bond motifs is 1. The molecule has 4 aromatic rings. The summed E-state index contributed by atoms with van der Waals surface area (Å²) in [4.78, 5) is 27.6. The van der Waals surface area contributed by atoms with Crippen LogP contribution in [-0.4, -0.2) is 60.0 Å². The summed E-state index contributed by atoms with van der Waals surface area (Å²) in [6.45, 7) is 6.51. The zero-order chi connectivity index (χ0) is 26.8. The molecule has 2 aromatic carbocycles. The summed E-state index contributed by atoms with van der Waals surface area (Å²) in [5.41, 5.74) is 10.4.